The van der Waals surface area contributed by atoms with E-state index in [0.29, 0.717) is 27.0 Å². The van der Waals surface area contributed by atoms with Crippen LogP contribution >= 0.6 is 23.2 Å². The molecule has 0 aliphatic heterocycles. The summed E-state index contributed by atoms with van der Waals surface area (Å²) in [6.45, 7) is 2.03. The number of aromatic nitrogens is 1. The molecule has 0 N–H and O–H groups in total. The van der Waals surface area contributed by atoms with E-state index in [1.54, 1.807) is 49.4 Å². The quantitative estimate of drug-likeness (QED) is 0.600. The molecular weight excluding hydrogens is 385 g/mol. The number of benzene rings is 2. The van der Waals surface area contributed by atoms with Gasteiger partial charge in [0, 0.05) is 15.4 Å². The molecule has 3 rings (SSSR count). The highest BCUT2D eigenvalue weighted by Crippen LogP contribution is 2.26. The van der Waals surface area contributed by atoms with E-state index in [1.807, 2.05) is 6.07 Å². The molecule has 0 saturated carbocycles. The van der Waals surface area contributed by atoms with E-state index in [4.69, 9.17) is 37.0 Å². The smallest absolute Gasteiger partial charge is 0.358 e. The summed E-state index contributed by atoms with van der Waals surface area (Å²) in [5.41, 5.74) is 0.967. The number of hydrogen-bond acceptors (Lipinski definition) is 5. The van der Waals surface area contributed by atoms with Crippen LogP contribution in [0, 0.1) is 0 Å². The molecule has 1 aromatic heterocycles. The Kier molecular flexibility index (Phi) is 6.75. The summed E-state index contributed by atoms with van der Waals surface area (Å²) in [5, 5.41) is 1.97. The maximum absolute atomic E-state index is 12.2. The van der Waals surface area contributed by atoms with Gasteiger partial charge < -0.3 is 9.57 Å². The van der Waals surface area contributed by atoms with Crippen molar-refractivity contribution in [3.63, 3.8) is 0 Å². The van der Waals surface area contributed by atoms with Crippen molar-refractivity contribution in [2.45, 2.75) is 6.92 Å². The molecule has 2 aromatic carbocycles. The predicted octanol–water partition coefficient (Wildman–Crippen LogP) is 4.63. The first-order valence-electron chi connectivity index (χ1n) is 7.17. The van der Waals surface area contributed by atoms with Crippen LogP contribution in [0.4, 0.5) is 0 Å². The fourth-order valence-corrected chi connectivity index (χ4v) is 2.49. The van der Waals surface area contributed by atoms with Gasteiger partial charge in [0.25, 0.3) is 0 Å². The zero-order valence-corrected chi connectivity index (χ0v) is 15.4. The summed E-state index contributed by atoms with van der Waals surface area (Å²) in [6.07, 6.45) is 0. The second kappa shape index (κ2) is 8.80. The van der Waals surface area contributed by atoms with Crippen molar-refractivity contribution in [1.29, 1.82) is 0 Å². The average Bonchev–Trinajstić information content (AvgIpc) is 2.97. The van der Waals surface area contributed by atoms with Crippen molar-refractivity contribution in [1.82, 2.24) is 4.73 Å². The van der Waals surface area contributed by atoms with Crippen molar-refractivity contribution in [2.75, 3.05) is 6.61 Å². The molecule has 8 heteroatoms. The fraction of sp³-hybridized carbons (Fsp3) is 0.118. The Hall–Kier alpha value is -2.15. The summed E-state index contributed by atoms with van der Waals surface area (Å²) >= 11 is 14.8. The molecule has 0 aliphatic carbocycles. The third-order valence-electron chi connectivity index (χ3n) is 3.22. The Bertz CT molecular complexity index is 880. The molecule has 0 saturated heterocycles. The van der Waals surface area contributed by atoms with Gasteiger partial charge in [-0.25, -0.2) is 4.79 Å². The number of carbonyl (C=O) groups is 1. The Morgan fingerprint density at radius 2 is 1.68 bits per heavy atom. The topological polar surface area (TPSA) is 57.5 Å². The van der Waals surface area contributed by atoms with Gasteiger partial charge in [-0.15, -0.1) is 0 Å². The number of esters is 1. The van der Waals surface area contributed by atoms with Crippen molar-refractivity contribution in [3.8, 4) is 5.75 Å². The number of rotatable bonds is 4. The van der Waals surface area contributed by atoms with Crippen LogP contribution in [0.25, 0.3) is 10.9 Å². The van der Waals surface area contributed by atoms with Gasteiger partial charge in [0.05, 0.1) is 12.1 Å². The lowest BCUT2D eigenvalue weighted by molar-refractivity contribution is 0.0489. The van der Waals surface area contributed by atoms with Crippen LogP contribution < -0.4 is 4.84 Å². The Morgan fingerprint density at radius 1 is 1.04 bits per heavy atom. The first-order valence-corrected chi connectivity index (χ1v) is 8.26. The molecule has 0 amide bonds. The summed E-state index contributed by atoms with van der Waals surface area (Å²) < 4.78 is 14.3. The highest BCUT2D eigenvalue weighted by Gasteiger charge is 2.18. The maximum Gasteiger partial charge on any atom is 0.358 e. The highest BCUT2D eigenvalue weighted by atomic mass is 35.5. The van der Waals surface area contributed by atoms with Crippen LogP contribution in [0.1, 0.15) is 17.4 Å². The molecule has 1 heterocycles. The van der Waals surface area contributed by atoms with Gasteiger partial charge >= 0.3 is 5.97 Å². The minimum absolute atomic E-state index is 0.280. The number of fused-ring (bicyclic) bond motifs is 1. The SMILES string of the molecule is CCOC(=O)c1cc2ccc(Cl)cc2n1Oc1ccc(Cl)cc1.O=S. The minimum atomic E-state index is -0.464. The summed E-state index contributed by atoms with van der Waals surface area (Å²) in [5.74, 6) is 0.0752. The van der Waals surface area contributed by atoms with Gasteiger partial charge in [0.1, 0.15) is 0 Å². The monoisotopic (exact) mass is 397 g/mol. The van der Waals surface area contributed by atoms with Gasteiger partial charge in [-0.2, -0.15) is 8.94 Å². The number of halogens is 2. The maximum atomic E-state index is 12.2. The van der Waals surface area contributed by atoms with E-state index in [0.717, 1.165) is 5.39 Å². The Morgan fingerprint density at radius 3 is 2.32 bits per heavy atom. The molecule has 0 bridgehead atoms. The zero-order valence-electron chi connectivity index (χ0n) is 13.1. The van der Waals surface area contributed by atoms with E-state index in [-0.39, 0.29) is 6.61 Å². The third-order valence-corrected chi connectivity index (χ3v) is 3.70. The third kappa shape index (κ3) is 4.48. The summed E-state index contributed by atoms with van der Waals surface area (Å²) in [7, 11) is 0. The highest BCUT2D eigenvalue weighted by molar-refractivity contribution is 7.44. The lowest BCUT2D eigenvalue weighted by Crippen LogP contribution is -2.15. The number of carbonyl (C=O) groups excluding carboxylic acids is 1. The van der Waals surface area contributed by atoms with Gasteiger partial charge in [-0.3, -0.25) is 0 Å². The normalized spacial score (nSPS) is 10.0. The van der Waals surface area contributed by atoms with E-state index < -0.39 is 5.97 Å². The van der Waals surface area contributed by atoms with Crippen molar-refractivity contribution < 1.29 is 18.6 Å². The van der Waals surface area contributed by atoms with E-state index in [1.165, 1.54) is 4.73 Å². The van der Waals surface area contributed by atoms with Gasteiger partial charge in [-0.1, -0.05) is 29.3 Å². The molecule has 0 unspecified atom stereocenters. The molecule has 0 fully saturated rings. The second-order valence-corrected chi connectivity index (χ2v) is 5.67. The van der Waals surface area contributed by atoms with Crippen LogP contribution in [-0.2, 0) is 17.3 Å². The van der Waals surface area contributed by atoms with Crippen LogP contribution in [0.3, 0.4) is 0 Å². The van der Waals surface area contributed by atoms with Crippen LogP contribution in [-0.4, -0.2) is 21.5 Å². The first-order chi connectivity index (χ1) is 12.1. The molecule has 0 spiro atoms. The lowest BCUT2D eigenvalue weighted by atomic mass is 10.2. The van der Waals surface area contributed by atoms with E-state index >= 15 is 0 Å². The Labute approximate surface area is 159 Å². The van der Waals surface area contributed by atoms with Crippen LogP contribution in [0.15, 0.2) is 48.5 Å². The number of ether oxygens (including phenoxy) is 1. The van der Waals surface area contributed by atoms with Gasteiger partial charge in [0.2, 0.25) is 0 Å². The number of nitrogens with zero attached hydrogens (tertiary/aromatic N) is 1. The standard InChI is InChI=1S/C17H13Cl2NO3.OS/c1-2-22-17(21)16-9-11-3-4-13(19)10-15(11)20(16)23-14-7-5-12(18)6-8-14;1-2/h3-10H,2H2,1H3;. The van der Waals surface area contributed by atoms with Crippen molar-refractivity contribution >= 4 is 52.6 Å². The molecule has 130 valence electrons. The molecule has 0 radical (unpaired) electrons. The second-order valence-electron chi connectivity index (χ2n) is 4.79. The van der Waals surface area contributed by atoms with Crippen LogP contribution in [0.5, 0.6) is 5.75 Å². The van der Waals surface area contributed by atoms with Crippen molar-refractivity contribution in [2.24, 2.45) is 0 Å². The summed E-state index contributed by atoms with van der Waals surface area (Å²) in [6, 6.07) is 13.9. The van der Waals surface area contributed by atoms with Crippen LogP contribution in [0.2, 0.25) is 10.0 Å². The van der Waals surface area contributed by atoms with E-state index in [2.05, 4.69) is 12.5 Å². The molecule has 5 nitrogen and oxygen atoms in total. The average molecular weight is 398 g/mol. The lowest BCUT2D eigenvalue weighted by Gasteiger charge is -2.11. The molecule has 3 aromatic rings. The molecule has 0 aliphatic rings. The summed E-state index contributed by atoms with van der Waals surface area (Å²) in [4.78, 5) is 18.0. The molecule has 25 heavy (non-hydrogen) atoms. The zero-order chi connectivity index (χ0) is 18.4. The number of hydrogen-bond donors (Lipinski definition) is 0. The van der Waals surface area contributed by atoms with Gasteiger partial charge in [0.15, 0.2) is 24.0 Å². The Balaban J connectivity index is 0.00000109. The van der Waals surface area contributed by atoms with Crippen molar-refractivity contribution in [3.05, 3.63) is 64.3 Å². The molecule has 0 atom stereocenters. The molecular formula is C17H13Cl2NO4S. The largest absolute Gasteiger partial charge is 0.461 e. The van der Waals surface area contributed by atoms with E-state index in [9.17, 15) is 4.79 Å². The predicted molar refractivity (Wildman–Crippen MR) is 98.5 cm³/mol. The van der Waals surface area contributed by atoms with Gasteiger partial charge in [-0.05, 0) is 49.4 Å². The first kappa shape index (κ1) is 19.2. The minimum Gasteiger partial charge on any atom is -0.461 e. The fourth-order valence-electron chi connectivity index (χ4n) is 2.20.